The Hall–Kier alpha value is -1.05. The molecule has 29 heavy (non-hydrogen) atoms. The van der Waals surface area contributed by atoms with Gasteiger partial charge in [0.05, 0.1) is 6.61 Å². The van der Waals surface area contributed by atoms with Crippen LogP contribution in [0.5, 0.6) is 5.75 Å². The summed E-state index contributed by atoms with van der Waals surface area (Å²) in [6.45, 7) is 5.43. The normalized spacial score (nSPS) is 32.0. The zero-order valence-electron chi connectivity index (χ0n) is 17.7. The fourth-order valence-electron chi connectivity index (χ4n) is 6.43. The molecule has 160 valence electrons. The molecule has 3 aliphatic rings. The Morgan fingerprint density at radius 3 is 2.86 bits per heavy atom. The first-order valence-electron chi connectivity index (χ1n) is 10.8. The molecule has 0 bridgehead atoms. The van der Waals surface area contributed by atoms with Gasteiger partial charge in [-0.2, -0.15) is 5.90 Å². The molecule has 0 unspecified atom stereocenters. The summed E-state index contributed by atoms with van der Waals surface area (Å²) in [7, 11) is 1.79. The van der Waals surface area contributed by atoms with E-state index in [1.54, 1.807) is 18.2 Å². The Bertz CT molecular complexity index is 767. The molecule has 6 heteroatoms. The first-order chi connectivity index (χ1) is 14.1. The van der Waals surface area contributed by atoms with E-state index in [9.17, 15) is 0 Å². The van der Waals surface area contributed by atoms with Crippen LogP contribution in [0.15, 0.2) is 23.8 Å². The highest BCUT2D eigenvalue weighted by Gasteiger charge is 2.52. The number of fused-ring (bicyclic) bond motifs is 5. The van der Waals surface area contributed by atoms with Crippen molar-refractivity contribution < 1.29 is 18.2 Å². The van der Waals surface area contributed by atoms with Gasteiger partial charge in [0.1, 0.15) is 5.75 Å². The molecule has 2 saturated carbocycles. The van der Waals surface area contributed by atoms with Crippen molar-refractivity contribution in [1.82, 2.24) is 0 Å². The maximum Gasteiger partial charge on any atom is 0.260 e. The Labute approximate surface area is 178 Å². The summed E-state index contributed by atoms with van der Waals surface area (Å²) in [5, 5.41) is 0. The topological polar surface area (TPSA) is 62.9 Å². The lowest BCUT2D eigenvalue weighted by molar-refractivity contribution is -0.199. The second-order valence-corrected chi connectivity index (χ2v) is 9.36. The lowest BCUT2D eigenvalue weighted by Gasteiger charge is -2.49. The van der Waals surface area contributed by atoms with E-state index in [-0.39, 0.29) is 0 Å². The molecule has 0 radical (unpaired) electrons. The highest BCUT2D eigenvalue weighted by Crippen LogP contribution is 2.63. The number of methoxy groups -OCH3 is 1. The summed E-state index contributed by atoms with van der Waals surface area (Å²) in [4.78, 5) is 4.13. The van der Waals surface area contributed by atoms with Gasteiger partial charge in [-0.3, -0.25) is 0 Å². The molecule has 1 aromatic carbocycles. The van der Waals surface area contributed by atoms with Crippen LogP contribution in [-0.4, -0.2) is 13.7 Å². The zero-order chi connectivity index (χ0) is 20.4. The van der Waals surface area contributed by atoms with Gasteiger partial charge in [0.25, 0.3) is 12.3 Å². The molecule has 0 heterocycles. The van der Waals surface area contributed by atoms with Gasteiger partial charge in [-0.1, -0.05) is 31.6 Å². The van der Waals surface area contributed by atoms with E-state index >= 15 is 0 Å². The molecule has 2 N–H and O–H groups in total. The molecule has 0 spiro atoms. The van der Waals surface area contributed by atoms with Crippen LogP contribution in [0, 0.1) is 17.3 Å². The number of allylic oxidation sites excluding steroid dienone is 1. The monoisotopic (exact) mass is 419 g/mol. The third-order valence-corrected chi connectivity index (χ3v) is 8.20. The van der Waals surface area contributed by atoms with E-state index in [1.165, 1.54) is 43.2 Å². The maximum atomic E-state index is 5.68. The number of benzene rings is 1. The van der Waals surface area contributed by atoms with Gasteiger partial charge in [0, 0.05) is 7.11 Å². The van der Waals surface area contributed by atoms with E-state index in [1.807, 2.05) is 0 Å². The lowest BCUT2D eigenvalue weighted by atomic mass is 9.55. The molecule has 0 aromatic heterocycles. The van der Waals surface area contributed by atoms with Gasteiger partial charge in [0.15, 0.2) is 0 Å². The van der Waals surface area contributed by atoms with Gasteiger partial charge < -0.3 is 8.92 Å². The van der Waals surface area contributed by atoms with Crippen LogP contribution in [0.4, 0.5) is 0 Å². The number of hydrogen-bond acceptors (Lipinski definition) is 6. The van der Waals surface area contributed by atoms with Crippen molar-refractivity contribution in [3.63, 3.8) is 0 Å². The van der Waals surface area contributed by atoms with Crippen LogP contribution in [0.2, 0.25) is 0 Å². The van der Waals surface area contributed by atoms with Crippen LogP contribution in [0.1, 0.15) is 68.6 Å². The Morgan fingerprint density at radius 2 is 2.10 bits per heavy atom. The van der Waals surface area contributed by atoms with Crippen molar-refractivity contribution in [2.45, 2.75) is 64.7 Å². The SMILES string of the molecule is CCc1cc2c(cc1OSOON)CC[C@@H]1[C@@H]2CC[C@]2(C)C(=CCOC)CC[C@@H]12. The Kier molecular flexibility index (Phi) is 6.56. The van der Waals surface area contributed by atoms with Gasteiger partial charge in [-0.25, -0.2) is 0 Å². The van der Waals surface area contributed by atoms with E-state index in [0.717, 1.165) is 49.4 Å². The second-order valence-electron chi connectivity index (χ2n) is 8.92. The average Bonchev–Trinajstić information content (AvgIpc) is 3.07. The highest BCUT2D eigenvalue weighted by molar-refractivity contribution is 7.90. The summed E-state index contributed by atoms with van der Waals surface area (Å²) < 4.78 is 15.6. The minimum Gasteiger partial charge on any atom is -0.398 e. The molecule has 0 amide bonds. The number of nitrogens with two attached hydrogens (primary N) is 1. The molecule has 0 aliphatic heterocycles. The molecule has 1 aromatic rings. The summed E-state index contributed by atoms with van der Waals surface area (Å²) in [6, 6.07) is 4.61. The molecule has 5 nitrogen and oxygen atoms in total. The van der Waals surface area contributed by atoms with Crippen LogP contribution < -0.4 is 10.1 Å². The largest absolute Gasteiger partial charge is 0.398 e. The van der Waals surface area contributed by atoms with Gasteiger partial charge in [-0.05, 0) is 90.9 Å². The molecule has 3 aliphatic carbocycles. The fourth-order valence-corrected chi connectivity index (χ4v) is 6.72. The Morgan fingerprint density at radius 1 is 1.24 bits per heavy atom. The summed E-state index contributed by atoms with van der Waals surface area (Å²) in [5.41, 5.74) is 6.22. The minimum atomic E-state index is 0.365. The zero-order valence-corrected chi connectivity index (χ0v) is 18.6. The number of ether oxygens (including phenoxy) is 1. The van der Waals surface area contributed by atoms with E-state index in [4.69, 9.17) is 14.8 Å². The second kappa shape index (κ2) is 8.98. The van der Waals surface area contributed by atoms with Gasteiger partial charge in [-0.15, -0.1) is 9.32 Å². The number of aryl methyl sites for hydroxylation is 2. The Balaban J connectivity index is 1.59. The van der Waals surface area contributed by atoms with Crippen molar-refractivity contribution in [2.75, 3.05) is 13.7 Å². The van der Waals surface area contributed by atoms with Crippen molar-refractivity contribution in [3.05, 3.63) is 40.5 Å². The van der Waals surface area contributed by atoms with Gasteiger partial charge in [0.2, 0.25) is 0 Å². The summed E-state index contributed by atoms with van der Waals surface area (Å²) in [6.07, 6.45) is 10.8. The van der Waals surface area contributed by atoms with Crippen LogP contribution >= 0.6 is 12.3 Å². The molecule has 4 atom stereocenters. The molecular formula is C23H33NO4S. The van der Waals surface area contributed by atoms with Crippen LogP contribution in [0.3, 0.4) is 0 Å². The maximum absolute atomic E-state index is 5.68. The first kappa shape index (κ1) is 21.2. The number of hydrogen-bond donors (Lipinski definition) is 1. The predicted molar refractivity (Wildman–Crippen MR) is 115 cm³/mol. The average molecular weight is 420 g/mol. The molecular weight excluding hydrogens is 386 g/mol. The quantitative estimate of drug-likeness (QED) is 0.209. The highest BCUT2D eigenvalue weighted by atomic mass is 32.2. The molecule has 4 rings (SSSR count). The minimum absolute atomic E-state index is 0.365. The summed E-state index contributed by atoms with van der Waals surface area (Å²) >= 11 is 0.764. The molecule has 2 fully saturated rings. The standard InChI is InChI=1S/C23H33NO4S/c1-4-15-13-20-16(14-22(15)26-29-28-27-24)5-7-19-18(20)9-11-23(2)17(10-12-25-3)6-8-21(19)23/h10,13-14,18-19,21H,4-9,11-12,24H2,1-3H3/t18-,19+,21-,23+/m0/s1. The lowest BCUT2D eigenvalue weighted by Crippen LogP contribution is -2.40. The summed E-state index contributed by atoms with van der Waals surface area (Å²) in [5.74, 6) is 8.02. The smallest absolute Gasteiger partial charge is 0.260 e. The van der Waals surface area contributed by atoms with E-state index < -0.39 is 0 Å². The third kappa shape index (κ3) is 3.86. The van der Waals surface area contributed by atoms with Crippen LogP contribution in [0.25, 0.3) is 0 Å². The fraction of sp³-hybridized carbons (Fsp3) is 0.652. The van der Waals surface area contributed by atoms with E-state index in [2.05, 4.69) is 41.4 Å². The van der Waals surface area contributed by atoms with Crippen molar-refractivity contribution in [1.29, 1.82) is 0 Å². The van der Waals surface area contributed by atoms with Gasteiger partial charge >= 0.3 is 0 Å². The van der Waals surface area contributed by atoms with Crippen LogP contribution in [-0.2, 0) is 26.9 Å². The number of rotatable bonds is 7. The third-order valence-electron chi connectivity index (χ3n) is 7.82. The van der Waals surface area contributed by atoms with Crippen molar-refractivity contribution in [3.8, 4) is 5.75 Å². The molecule has 0 saturated heterocycles. The van der Waals surface area contributed by atoms with Crippen molar-refractivity contribution in [2.24, 2.45) is 23.1 Å². The predicted octanol–water partition coefficient (Wildman–Crippen LogP) is 5.44. The van der Waals surface area contributed by atoms with E-state index in [0.29, 0.717) is 11.3 Å². The first-order valence-corrected chi connectivity index (χ1v) is 11.5. The van der Waals surface area contributed by atoms with Crippen molar-refractivity contribution >= 4 is 12.3 Å².